The number of aliphatic hydroxyl groups excluding tert-OH is 1. The summed E-state index contributed by atoms with van der Waals surface area (Å²) in [6, 6.07) is 4.42. The molecule has 0 amide bonds. The van der Waals surface area contributed by atoms with E-state index in [1.165, 1.54) is 12.1 Å². The molecule has 0 aromatic heterocycles. The fourth-order valence-corrected chi connectivity index (χ4v) is 1.41. The van der Waals surface area contributed by atoms with Gasteiger partial charge in [-0.15, -0.1) is 0 Å². The average Bonchev–Trinajstić information content (AvgIpc) is 2.38. The van der Waals surface area contributed by atoms with Crippen LogP contribution in [0.15, 0.2) is 18.2 Å². The molecule has 1 N–H and O–H groups in total. The second-order valence-electron chi connectivity index (χ2n) is 3.62. The van der Waals surface area contributed by atoms with Gasteiger partial charge in [0.1, 0.15) is 0 Å². The van der Waals surface area contributed by atoms with E-state index in [0.717, 1.165) is 0 Å². The highest BCUT2D eigenvalue weighted by Crippen LogP contribution is 2.28. The number of nitro groups is 1. The lowest BCUT2D eigenvalue weighted by Gasteiger charge is -2.07. The Morgan fingerprint density at radius 3 is 2.78 bits per heavy atom. The standard InChI is InChI=1S/C12H17NO5/c1-2-17-6-3-7-18-12-5-4-10(9-14)8-11(12)13(15)16/h4-5,8,14H,2-3,6-7,9H2,1H3. The predicted octanol–water partition coefficient (Wildman–Crippen LogP) is 1.89. The summed E-state index contributed by atoms with van der Waals surface area (Å²) in [5.41, 5.74) is 0.362. The summed E-state index contributed by atoms with van der Waals surface area (Å²) in [7, 11) is 0. The first-order valence-corrected chi connectivity index (χ1v) is 5.77. The molecule has 0 radical (unpaired) electrons. The molecule has 0 aliphatic rings. The maximum Gasteiger partial charge on any atom is 0.311 e. The molecule has 6 nitrogen and oxygen atoms in total. The molecule has 0 unspecified atom stereocenters. The number of hydrogen-bond acceptors (Lipinski definition) is 5. The second kappa shape index (κ2) is 7.62. The molecule has 1 rings (SSSR count). The van der Waals surface area contributed by atoms with Gasteiger partial charge in [0.25, 0.3) is 0 Å². The molecule has 0 atom stereocenters. The largest absolute Gasteiger partial charge is 0.487 e. The molecule has 0 fully saturated rings. The Kier molecular flexibility index (Phi) is 6.10. The van der Waals surface area contributed by atoms with Crippen molar-refractivity contribution in [2.24, 2.45) is 0 Å². The second-order valence-corrected chi connectivity index (χ2v) is 3.62. The van der Waals surface area contributed by atoms with Crippen LogP contribution < -0.4 is 4.74 Å². The lowest BCUT2D eigenvalue weighted by molar-refractivity contribution is -0.386. The first kappa shape index (κ1) is 14.4. The summed E-state index contributed by atoms with van der Waals surface area (Å²) in [6.45, 7) is 3.24. The quantitative estimate of drug-likeness (QED) is 0.436. The Morgan fingerprint density at radius 1 is 1.39 bits per heavy atom. The molecule has 0 heterocycles. The molecule has 0 saturated carbocycles. The molecule has 0 aliphatic carbocycles. The van der Waals surface area contributed by atoms with Gasteiger partial charge in [0.2, 0.25) is 0 Å². The zero-order chi connectivity index (χ0) is 13.4. The van der Waals surface area contributed by atoms with Crippen LogP contribution in [0, 0.1) is 10.1 Å². The zero-order valence-corrected chi connectivity index (χ0v) is 10.3. The number of rotatable bonds is 8. The first-order chi connectivity index (χ1) is 8.69. The average molecular weight is 255 g/mol. The molecule has 1 aromatic rings. The summed E-state index contributed by atoms with van der Waals surface area (Å²) in [6.07, 6.45) is 0.673. The van der Waals surface area contributed by atoms with Crippen LogP contribution in [0.2, 0.25) is 0 Å². The van der Waals surface area contributed by atoms with E-state index in [1.807, 2.05) is 6.92 Å². The predicted molar refractivity (Wildman–Crippen MR) is 65.6 cm³/mol. The van der Waals surface area contributed by atoms with Gasteiger partial charge in [-0.1, -0.05) is 6.07 Å². The third kappa shape index (κ3) is 4.31. The highest BCUT2D eigenvalue weighted by Gasteiger charge is 2.15. The lowest BCUT2D eigenvalue weighted by atomic mass is 10.2. The van der Waals surface area contributed by atoms with Crippen molar-refractivity contribution in [1.29, 1.82) is 0 Å². The van der Waals surface area contributed by atoms with Crippen molar-refractivity contribution < 1.29 is 19.5 Å². The molecule has 0 saturated heterocycles. The highest BCUT2D eigenvalue weighted by atomic mass is 16.6. The smallest absolute Gasteiger partial charge is 0.311 e. The molecular formula is C12H17NO5. The van der Waals surface area contributed by atoms with Crippen LogP contribution in [0.3, 0.4) is 0 Å². The van der Waals surface area contributed by atoms with E-state index >= 15 is 0 Å². The van der Waals surface area contributed by atoms with E-state index in [2.05, 4.69) is 0 Å². The van der Waals surface area contributed by atoms with E-state index in [1.54, 1.807) is 6.07 Å². The van der Waals surface area contributed by atoms with E-state index in [-0.39, 0.29) is 18.0 Å². The number of aliphatic hydroxyl groups is 1. The van der Waals surface area contributed by atoms with Gasteiger partial charge >= 0.3 is 5.69 Å². The normalized spacial score (nSPS) is 10.3. The Morgan fingerprint density at radius 2 is 2.17 bits per heavy atom. The minimum Gasteiger partial charge on any atom is -0.487 e. The van der Waals surface area contributed by atoms with Crippen LogP contribution in [0.5, 0.6) is 5.75 Å². The number of hydrogen-bond donors (Lipinski definition) is 1. The van der Waals surface area contributed by atoms with Crippen molar-refractivity contribution in [2.75, 3.05) is 19.8 Å². The summed E-state index contributed by atoms with van der Waals surface area (Å²) in [5, 5.41) is 19.8. The molecular weight excluding hydrogens is 238 g/mol. The molecule has 0 bridgehead atoms. The summed E-state index contributed by atoms with van der Waals surface area (Å²) >= 11 is 0. The topological polar surface area (TPSA) is 81.8 Å². The monoisotopic (exact) mass is 255 g/mol. The van der Waals surface area contributed by atoms with Crippen LogP contribution in [-0.2, 0) is 11.3 Å². The Labute approximate surface area is 105 Å². The van der Waals surface area contributed by atoms with E-state index < -0.39 is 4.92 Å². The first-order valence-electron chi connectivity index (χ1n) is 5.77. The summed E-state index contributed by atoms with van der Waals surface area (Å²) in [4.78, 5) is 10.3. The van der Waals surface area contributed by atoms with Gasteiger partial charge in [-0.25, -0.2) is 0 Å². The fourth-order valence-electron chi connectivity index (χ4n) is 1.41. The van der Waals surface area contributed by atoms with E-state index in [4.69, 9.17) is 14.6 Å². The molecule has 0 aliphatic heterocycles. The van der Waals surface area contributed by atoms with Crippen LogP contribution in [0.25, 0.3) is 0 Å². The van der Waals surface area contributed by atoms with Crippen LogP contribution in [0.4, 0.5) is 5.69 Å². The molecule has 0 spiro atoms. The van der Waals surface area contributed by atoms with Gasteiger partial charge in [0, 0.05) is 25.7 Å². The van der Waals surface area contributed by atoms with E-state index in [0.29, 0.717) is 31.8 Å². The molecule has 6 heteroatoms. The summed E-state index contributed by atoms with van der Waals surface area (Å²) in [5.74, 6) is 0.216. The third-order valence-corrected chi connectivity index (χ3v) is 2.30. The number of nitrogens with zero attached hydrogens (tertiary/aromatic N) is 1. The Balaban J connectivity index is 2.61. The lowest BCUT2D eigenvalue weighted by Crippen LogP contribution is -2.04. The van der Waals surface area contributed by atoms with Gasteiger partial charge in [-0.2, -0.15) is 0 Å². The van der Waals surface area contributed by atoms with Gasteiger partial charge in [0.15, 0.2) is 5.75 Å². The minimum absolute atomic E-state index is 0.127. The number of nitro benzene ring substituents is 1. The van der Waals surface area contributed by atoms with Gasteiger partial charge < -0.3 is 14.6 Å². The number of ether oxygens (including phenoxy) is 2. The van der Waals surface area contributed by atoms with Gasteiger partial charge in [0.05, 0.1) is 18.1 Å². The highest BCUT2D eigenvalue weighted by molar-refractivity contribution is 5.48. The fraction of sp³-hybridized carbons (Fsp3) is 0.500. The number of benzene rings is 1. The summed E-state index contributed by atoms with van der Waals surface area (Å²) < 4.78 is 10.5. The molecule has 18 heavy (non-hydrogen) atoms. The molecule has 1 aromatic carbocycles. The Bertz CT molecular complexity index is 394. The zero-order valence-electron chi connectivity index (χ0n) is 10.3. The minimum atomic E-state index is -0.517. The maximum absolute atomic E-state index is 10.8. The molecule has 100 valence electrons. The van der Waals surface area contributed by atoms with Crippen molar-refractivity contribution in [3.63, 3.8) is 0 Å². The van der Waals surface area contributed by atoms with Crippen molar-refractivity contribution in [2.45, 2.75) is 20.0 Å². The van der Waals surface area contributed by atoms with Crippen LogP contribution >= 0.6 is 0 Å². The van der Waals surface area contributed by atoms with E-state index in [9.17, 15) is 10.1 Å². The maximum atomic E-state index is 10.8. The third-order valence-electron chi connectivity index (χ3n) is 2.30. The van der Waals surface area contributed by atoms with Crippen LogP contribution in [-0.4, -0.2) is 29.9 Å². The van der Waals surface area contributed by atoms with Crippen molar-refractivity contribution in [3.05, 3.63) is 33.9 Å². The van der Waals surface area contributed by atoms with Crippen LogP contribution in [0.1, 0.15) is 18.9 Å². The van der Waals surface area contributed by atoms with Crippen molar-refractivity contribution in [1.82, 2.24) is 0 Å². The Hall–Kier alpha value is -1.66. The van der Waals surface area contributed by atoms with Crippen molar-refractivity contribution in [3.8, 4) is 5.75 Å². The SMILES string of the molecule is CCOCCCOc1ccc(CO)cc1[N+](=O)[O-]. The van der Waals surface area contributed by atoms with Crippen molar-refractivity contribution >= 4 is 5.69 Å². The van der Waals surface area contributed by atoms with Gasteiger partial charge in [-0.3, -0.25) is 10.1 Å². The van der Waals surface area contributed by atoms with Gasteiger partial charge in [-0.05, 0) is 18.6 Å².